The van der Waals surface area contributed by atoms with Crippen LogP contribution in [0.15, 0.2) is 54.6 Å². The van der Waals surface area contributed by atoms with E-state index >= 15 is 0 Å². The Hall–Kier alpha value is -2.22. The number of carbonyl (C=O) groups excluding carboxylic acids is 1. The van der Waals surface area contributed by atoms with Crippen LogP contribution in [0.3, 0.4) is 0 Å². The largest absolute Gasteiger partial charge is 0.435 e. The number of hydrogen-bond acceptors (Lipinski definition) is 4. The standard InChI is InChI=1S/C20H23F2N3O2.ClH/c1-13(19(26)24-15-7-9-16(10-8-15)27-20(21)22)25-11-17(18(23)12-25)14-5-3-2-4-6-14;/h2-10,13,17-18,20H,11-12,23H2,1H3,(H,24,26);1H/t13?,17-,18+;/m0./s1. The first-order chi connectivity index (χ1) is 12.9. The van der Waals surface area contributed by atoms with Gasteiger partial charge in [-0.05, 0) is 36.8 Å². The summed E-state index contributed by atoms with van der Waals surface area (Å²) in [5, 5.41) is 2.80. The predicted octanol–water partition coefficient (Wildman–Crippen LogP) is 3.46. The molecule has 2 aromatic rings. The molecule has 1 aliphatic rings. The summed E-state index contributed by atoms with van der Waals surface area (Å²) in [6.07, 6.45) is 0. The van der Waals surface area contributed by atoms with Crippen molar-refractivity contribution in [1.82, 2.24) is 4.90 Å². The van der Waals surface area contributed by atoms with E-state index in [2.05, 4.69) is 27.1 Å². The minimum Gasteiger partial charge on any atom is -0.435 e. The van der Waals surface area contributed by atoms with Gasteiger partial charge >= 0.3 is 6.61 Å². The van der Waals surface area contributed by atoms with Gasteiger partial charge in [-0.1, -0.05) is 30.3 Å². The number of benzene rings is 2. The van der Waals surface area contributed by atoms with E-state index in [0.29, 0.717) is 18.8 Å². The number of carbonyl (C=O) groups is 1. The van der Waals surface area contributed by atoms with Gasteiger partial charge in [-0.3, -0.25) is 9.69 Å². The Bertz CT molecular complexity index is 762. The summed E-state index contributed by atoms with van der Waals surface area (Å²) in [6.45, 7) is 0.308. The fraction of sp³-hybridized carbons (Fsp3) is 0.350. The summed E-state index contributed by atoms with van der Waals surface area (Å²) in [7, 11) is 0. The molecule has 2 aromatic carbocycles. The maximum atomic E-state index is 12.6. The third kappa shape index (κ3) is 5.41. The molecular formula is C20H24ClF2N3O2. The Labute approximate surface area is 169 Å². The number of anilines is 1. The number of hydrogen-bond donors (Lipinski definition) is 2. The second-order valence-corrected chi connectivity index (χ2v) is 6.70. The molecule has 1 fully saturated rings. The number of halogens is 3. The molecule has 5 nitrogen and oxygen atoms in total. The molecule has 0 aromatic heterocycles. The zero-order chi connectivity index (χ0) is 19.4. The lowest BCUT2D eigenvalue weighted by molar-refractivity contribution is -0.120. The van der Waals surface area contributed by atoms with Crippen LogP contribution >= 0.6 is 12.4 Å². The monoisotopic (exact) mass is 411 g/mol. The van der Waals surface area contributed by atoms with Crippen molar-refractivity contribution in [3.63, 3.8) is 0 Å². The first-order valence-corrected chi connectivity index (χ1v) is 8.84. The second-order valence-electron chi connectivity index (χ2n) is 6.70. The average Bonchev–Trinajstić information content (AvgIpc) is 3.04. The number of nitrogens with one attached hydrogen (secondary N) is 1. The highest BCUT2D eigenvalue weighted by atomic mass is 35.5. The molecule has 0 radical (unpaired) electrons. The van der Waals surface area contributed by atoms with Gasteiger partial charge in [0.05, 0.1) is 6.04 Å². The molecule has 1 unspecified atom stereocenters. The maximum absolute atomic E-state index is 12.6. The Kier molecular flexibility index (Phi) is 7.74. The van der Waals surface area contributed by atoms with E-state index in [4.69, 9.17) is 5.73 Å². The molecule has 0 spiro atoms. The first kappa shape index (κ1) is 22.1. The van der Waals surface area contributed by atoms with Gasteiger partial charge in [-0.2, -0.15) is 8.78 Å². The lowest BCUT2D eigenvalue weighted by Gasteiger charge is -2.23. The minimum atomic E-state index is -2.87. The van der Waals surface area contributed by atoms with Gasteiger partial charge < -0.3 is 15.8 Å². The minimum absolute atomic E-state index is 0. The van der Waals surface area contributed by atoms with Crippen molar-refractivity contribution in [2.45, 2.75) is 31.5 Å². The highest BCUT2D eigenvalue weighted by Gasteiger charge is 2.35. The van der Waals surface area contributed by atoms with Gasteiger partial charge in [0, 0.05) is 30.7 Å². The lowest BCUT2D eigenvalue weighted by atomic mass is 9.95. The Morgan fingerprint density at radius 1 is 1.14 bits per heavy atom. The van der Waals surface area contributed by atoms with E-state index < -0.39 is 6.61 Å². The van der Waals surface area contributed by atoms with Crippen molar-refractivity contribution in [2.75, 3.05) is 18.4 Å². The van der Waals surface area contributed by atoms with Crippen LogP contribution in [0.4, 0.5) is 14.5 Å². The van der Waals surface area contributed by atoms with Crippen molar-refractivity contribution >= 4 is 24.0 Å². The lowest BCUT2D eigenvalue weighted by Crippen LogP contribution is -2.41. The van der Waals surface area contributed by atoms with E-state index in [1.54, 1.807) is 0 Å². The molecule has 1 saturated heterocycles. The van der Waals surface area contributed by atoms with Crippen LogP contribution in [0.2, 0.25) is 0 Å². The van der Waals surface area contributed by atoms with Crippen molar-refractivity contribution in [3.8, 4) is 5.75 Å². The van der Waals surface area contributed by atoms with Crippen molar-refractivity contribution in [1.29, 1.82) is 0 Å². The Balaban J connectivity index is 0.00000280. The second kappa shape index (κ2) is 9.82. The number of rotatable bonds is 6. The summed E-state index contributed by atoms with van der Waals surface area (Å²) in [5.41, 5.74) is 8.00. The van der Waals surface area contributed by atoms with Gasteiger partial charge in [-0.15, -0.1) is 12.4 Å². The third-order valence-corrected chi connectivity index (χ3v) is 4.90. The predicted molar refractivity (Wildman–Crippen MR) is 107 cm³/mol. The van der Waals surface area contributed by atoms with Gasteiger partial charge in [0.2, 0.25) is 5.91 Å². The summed E-state index contributed by atoms with van der Waals surface area (Å²) < 4.78 is 28.7. The molecule has 152 valence electrons. The molecule has 0 saturated carbocycles. The average molecular weight is 412 g/mol. The van der Waals surface area contributed by atoms with Gasteiger partial charge in [0.15, 0.2) is 0 Å². The van der Waals surface area contributed by atoms with Crippen LogP contribution in [0.25, 0.3) is 0 Å². The number of ether oxygens (including phenoxy) is 1. The van der Waals surface area contributed by atoms with Crippen molar-refractivity contribution < 1.29 is 18.3 Å². The summed E-state index contributed by atoms with van der Waals surface area (Å²) in [5.74, 6) is 0.0675. The van der Waals surface area contributed by atoms with E-state index in [9.17, 15) is 13.6 Å². The molecule has 3 rings (SSSR count). The number of nitrogens with two attached hydrogens (primary N) is 1. The smallest absolute Gasteiger partial charge is 0.387 e. The first-order valence-electron chi connectivity index (χ1n) is 8.84. The fourth-order valence-corrected chi connectivity index (χ4v) is 3.36. The van der Waals surface area contributed by atoms with E-state index in [1.807, 2.05) is 25.1 Å². The van der Waals surface area contributed by atoms with Crippen LogP contribution in [0.1, 0.15) is 18.4 Å². The number of amides is 1. The van der Waals surface area contributed by atoms with Crippen LogP contribution < -0.4 is 15.8 Å². The summed E-state index contributed by atoms with van der Waals surface area (Å²) in [6, 6.07) is 15.5. The summed E-state index contributed by atoms with van der Waals surface area (Å²) in [4.78, 5) is 14.6. The quantitative estimate of drug-likeness (QED) is 0.763. The van der Waals surface area contributed by atoms with Gasteiger partial charge in [0.1, 0.15) is 5.75 Å². The molecule has 3 atom stereocenters. The van der Waals surface area contributed by atoms with Gasteiger partial charge in [0.25, 0.3) is 0 Å². The summed E-state index contributed by atoms with van der Waals surface area (Å²) >= 11 is 0. The Morgan fingerprint density at radius 3 is 2.39 bits per heavy atom. The number of likely N-dealkylation sites (tertiary alicyclic amines) is 1. The highest BCUT2D eigenvalue weighted by molar-refractivity contribution is 5.94. The molecule has 1 aliphatic heterocycles. The molecule has 8 heteroatoms. The van der Waals surface area contributed by atoms with Crippen LogP contribution in [0, 0.1) is 0 Å². The van der Waals surface area contributed by atoms with Crippen LogP contribution in [0.5, 0.6) is 5.75 Å². The van der Waals surface area contributed by atoms with Crippen LogP contribution in [-0.4, -0.2) is 42.6 Å². The fourth-order valence-electron chi connectivity index (χ4n) is 3.36. The zero-order valence-corrected chi connectivity index (χ0v) is 16.2. The normalized spacial score (nSPS) is 20.5. The molecule has 3 N–H and O–H groups in total. The van der Waals surface area contributed by atoms with Crippen molar-refractivity contribution in [2.24, 2.45) is 5.73 Å². The van der Waals surface area contributed by atoms with E-state index in [-0.39, 0.29) is 42.1 Å². The SMILES string of the molecule is CC(C(=O)Nc1ccc(OC(F)F)cc1)N1C[C@@H](N)[C@H](c2ccccc2)C1.Cl. The molecule has 0 aliphatic carbocycles. The molecular weight excluding hydrogens is 388 g/mol. The highest BCUT2D eigenvalue weighted by Crippen LogP contribution is 2.28. The Morgan fingerprint density at radius 2 is 1.79 bits per heavy atom. The number of alkyl halides is 2. The van der Waals surface area contributed by atoms with E-state index in [1.165, 1.54) is 29.8 Å². The van der Waals surface area contributed by atoms with Crippen LogP contribution in [-0.2, 0) is 4.79 Å². The van der Waals surface area contributed by atoms with Gasteiger partial charge in [-0.25, -0.2) is 0 Å². The molecule has 0 bridgehead atoms. The van der Waals surface area contributed by atoms with Crippen molar-refractivity contribution in [3.05, 3.63) is 60.2 Å². The third-order valence-electron chi connectivity index (χ3n) is 4.90. The zero-order valence-electron chi connectivity index (χ0n) is 15.4. The van der Waals surface area contributed by atoms with E-state index in [0.717, 1.165) is 0 Å². The molecule has 1 heterocycles. The molecule has 28 heavy (non-hydrogen) atoms. The maximum Gasteiger partial charge on any atom is 0.387 e. The number of nitrogens with zero attached hydrogens (tertiary/aromatic N) is 1. The molecule has 1 amide bonds. The topological polar surface area (TPSA) is 67.6 Å².